The molecular formula is C20H20Cl2N6O2. The van der Waals surface area contributed by atoms with Crippen molar-refractivity contribution in [3.63, 3.8) is 0 Å². The largest absolute Gasteiger partial charge is 0.467 e. The van der Waals surface area contributed by atoms with Crippen LogP contribution in [0.25, 0.3) is 11.1 Å². The number of hydrogen-bond acceptors (Lipinski definition) is 7. The van der Waals surface area contributed by atoms with E-state index in [2.05, 4.69) is 35.8 Å². The average molecular weight is 447 g/mol. The van der Waals surface area contributed by atoms with E-state index in [0.717, 1.165) is 36.2 Å². The van der Waals surface area contributed by atoms with E-state index < -0.39 is 6.04 Å². The van der Waals surface area contributed by atoms with Crippen LogP contribution in [0.5, 0.6) is 6.01 Å². The minimum Gasteiger partial charge on any atom is -0.467 e. The van der Waals surface area contributed by atoms with Gasteiger partial charge >= 0.3 is 6.01 Å². The maximum Gasteiger partial charge on any atom is 0.316 e. The van der Waals surface area contributed by atoms with E-state index >= 15 is 0 Å². The number of rotatable bonds is 6. The highest BCUT2D eigenvalue weighted by atomic mass is 35.5. The van der Waals surface area contributed by atoms with Crippen molar-refractivity contribution in [3.05, 3.63) is 52.8 Å². The van der Waals surface area contributed by atoms with Gasteiger partial charge in [-0.2, -0.15) is 0 Å². The van der Waals surface area contributed by atoms with Crippen LogP contribution in [0, 0.1) is 0 Å². The minimum absolute atomic E-state index is 0.174. The molecule has 0 amide bonds. The van der Waals surface area contributed by atoms with Crippen molar-refractivity contribution in [2.45, 2.75) is 6.04 Å². The van der Waals surface area contributed by atoms with Crippen LogP contribution in [0.15, 0.2) is 36.7 Å². The molecule has 1 aromatic carbocycles. The number of piperazine rings is 1. The number of nitrogens with one attached hydrogen (secondary N) is 1. The quantitative estimate of drug-likeness (QED) is 0.581. The topological polar surface area (TPSA) is 87.2 Å². The summed E-state index contributed by atoms with van der Waals surface area (Å²) in [5.74, 6) is 0.462. The molecule has 1 aliphatic heterocycles. The van der Waals surface area contributed by atoms with Gasteiger partial charge in [0.1, 0.15) is 23.3 Å². The standard InChI is InChI=1S/C20H20Cl2N6O2/c1-30-20-23-10-13(11-24-20)14-4-2-3-5-15(14)27-6-8-28(9-7-27)16(12-29)19-25-17(21)18(22)26-19/h2-5,10-12,16H,6-9H2,1H3,(H,25,26). The molecule has 30 heavy (non-hydrogen) atoms. The molecule has 1 saturated heterocycles. The maximum atomic E-state index is 11.7. The number of carbonyl (C=O) groups excluding carboxylic acids is 1. The number of carbonyl (C=O) groups is 1. The van der Waals surface area contributed by atoms with Crippen molar-refractivity contribution in [3.8, 4) is 17.1 Å². The number of anilines is 1. The van der Waals surface area contributed by atoms with Gasteiger partial charge in [-0.1, -0.05) is 41.4 Å². The molecule has 1 N–H and O–H groups in total. The molecule has 1 atom stereocenters. The molecule has 1 unspecified atom stereocenters. The number of nitrogens with zero attached hydrogens (tertiary/aromatic N) is 5. The summed E-state index contributed by atoms with van der Waals surface area (Å²) in [4.78, 5) is 31.6. The van der Waals surface area contributed by atoms with Crippen molar-refractivity contribution < 1.29 is 9.53 Å². The molecule has 0 radical (unpaired) electrons. The zero-order chi connectivity index (χ0) is 21.1. The summed E-state index contributed by atoms with van der Waals surface area (Å²) in [6.07, 6.45) is 4.38. The van der Waals surface area contributed by atoms with E-state index in [1.54, 1.807) is 19.5 Å². The predicted octanol–water partition coefficient (Wildman–Crippen LogP) is 3.24. The Bertz CT molecular complexity index is 999. The van der Waals surface area contributed by atoms with Gasteiger partial charge in [0.25, 0.3) is 0 Å². The number of ether oxygens (including phenoxy) is 1. The summed E-state index contributed by atoms with van der Waals surface area (Å²) < 4.78 is 5.05. The Morgan fingerprint density at radius 3 is 2.43 bits per heavy atom. The lowest BCUT2D eigenvalue weighted by Gasteiger charge is -2.38. The van der Waals surface area contributed by atoms with E-state index in [-0.39, 0.29) is 10.3 Å². The number of para-hydroxylation sites is 1. The Balaban J connectivity index is 1.51. The number of methoxy groups -OCH3 is 1. The molecule has 0 spiro atoms. The number of aldehydes is 1. The Labute approximate surface area is 183 Å². The minimum atomic E-state index is -0.512. The Hall–Kier alpha value is -2.68. The molecule has 1 aliphatic rings. The lowest BCUT2D eigenvalue weighted by Crippen LogP contribution is -2.48. The summed E-state index contributed by atoms with van der Waals surface area (Å²) in [6.45, 7) is 2.88. The van der Waals surface area contributed by atoms with Gasteiger partial charge in [0.05, 0.1) is 7.11 Å². The van der Waals surface area contributed by atoms with Gasteiger partial charge in [-0.25, -0.2) is 15.0 Å². The van der Waals surface area contributed by atoms with Gasteiger partial charge in [0.15, 0.2) is 5.15 Å². The molecule has 0 saturated carbocycles. The van der Waals surface area contributed by atoms with E-state index in [1.165, 1.54) is 0 Å². The van der Waals surface area contributed by atoms with Crippen LogP contribution in [0.2, 0.25) is 10.3 Å². The fraction of sp³-hybridized carbons (Fsp3) is 0.300. The molecule has 8 nitrogen and oxygen atoms in total. The van der Waals surface area contributed by atoms with Crippen LogP contribution < -0.4 is 9.64 Å². The van der Waals surface area contributed by atoms with Crippen LogP contribution in [0.1, 0.15) is 11.9 Å². The first-order valence-electron chi connectivity index (χ1n) is 9.41. The number of hydrogen-bond donors (Lipinski definition) is 1. The van der Waals surface area contributed by atoms with Crippen LogP contribution >= 0.6 is 23.2 Å². The number of H-pyrrole nitrogens is 1. The summed E-state index contributed by atoms with van der Waals surface area (Å²) in [6, 6.07) is 7.96. The van der Waals surface area contributed by atoms with E-state index in [4.69, 9.17) is 27.9 Å². The number of aromatic nitrogens is 4. The number of benzene rings is 1. The van der Waals surface area contributed by atoms with Gasteiger partial charge in [0, 0.05) is 55.4 Å². The monoisotopic (exact) mass is 446 g/mol. The molecule has 1 fully saturated rings. The first-order chi connectivity index (χ1) is 14.6. The molecule has 3 heterocycles. The van der Waals surface area contributed by atoms with Gasteiger partial charge in [-0.05, 0) is 6.07 Å². The Morgan fingerprint density at radius 2 is 1.83 bits per heavy atom. The summed E-state index contributed by atoms with van der Waals surface area (Å²) >= 11 is 11.9. The average Bonchev–Trinajstić information content (AvgIpc) is 3.12. The van der Waals surface area contributed by atoms with E-state index in [1.807, 2.05) is 18.2 Å². The molecule has 2 aromatic heterocycles. The van der Waals surface area contributed by atoms with Crippen LogP contribution in [-0.4, -0.2) is 64.4 Å². The molecule has 0 aliphatic carbocycles. The molecular weight excluding hydrogens is 427 g/mol. The Morgan fingerprint density at radius 1 is 1.13 bits per heavy atom. The third-order valence-corrected chi connectivity index (χ3v) is 5.76. The third kappa shape index (κ3) is 4.12. The highest BCUT2D eigenvalue weighted by molar-refractivity contribution is 6.40. The summed E-state index contributed by atoms with van der Waals surface area (Å²) in [7, 11) is 1.54. The molecule has 4 rings (SSSR count). The number of aromatic amines is 1. The second-order valence-electron chi connectivity index (χ2n) is 6.81. The highest BCUT2D eigenvalue weighted by Gasteiger charge is 2.28. The second kappa shape index (κ2) is 8.99. The van der Waals surface area contributed by atoms with Crippen LogP contribution in [0.3, 0.4) is 0 Å². The van der Waals surface area contributed by atoms with Crippen LogP contribution in [0.4, 0.5) is 5.69 Å². The normalized spacial score (nSPS) is 15.8. The molecule has 0 bridgehead atoms. The fourth-order valence-corrected chi connectivity index (χ4v) is 3.88. The van der Waals surface area contributed by atoms with Crippen molar-refractivity contribution in [1.82, 2.24) is 24.8 Å². The summed E-state index contributed by atoms with van der Waals surface area (Å²) in [5, 5.41) is 0.417. The maximum absolute atomic E-state index is 11.7. The van der Waals surface area contributed by atoms with Gasteiger partial charge in [-0.3, -0.25) is 4.90 Å². The lowest BCUT2D eigenvalue weighted by atomic mass is 10.1. The number of imidazole rings is 1. The lowest BCUT2D eigenvalue weighted by molar-refractivity contribution is -0.113. The van der Waals surface area contributed by atoms with Crippen LogP contribution in [-0.2, 0) is 4.79 Å². The van der Waals surface area contributed by atoms with E-state index in [9.17, 15) is 4.79 Å². The molecule has 3 aromatic rings. The molecule has 156 valence electrons. The van der Waals surface area contributed by atoms with E-state index in [0.29, 0.717) is 24.9 Å². The molecule has 10 heteroatoms. The number of halogens is 2. The predicted molar refractivity (Wildman–Crippen MR) is 115 cm³/mol. The highest BCUT2D eigenvalue weighted by Crippen LogP contribution is 2.32. The second-order valence-corrected chi connectivity index (χ2v) is 7.54. The van der Waals surface area contributed by atoms with Crippen molar-refractivity contribution in [1.29, 1.82) is 0 Å². The first kappa shape index (κ1) is 20.6. The van der Waals surface area contributed by atoms with Gasteiger partial charge in [-0.15, -0.1) is 0 Å². The zero-order valence-corrected chi connectivity index (χ0v) is 17.8. The SMILES string of the molecule is COc1ncc(-c2ccccc2N2CCN(C(C=O)c3nc(Cl)c(Cl)[nH]3)CC2)cn1. The summed E-state index contributed by atoms with van der Waals surface area (Å²) in [5.41, 5.74) is 3.06. The van der Waals surface area contributed by atoms with Gasteiger partial charge < -0.3 is 19.4 Å². The van der Waals surface area contributed by atoms with Crippen molar-refractivity contribution in [2.75, 3.05) is 38.2 Å². The van der Waals surface area contributed by atoms with Crippen molar-refractivity contribution >= 4 is 35.2 Å². The third-order valence-electron chi connectivity index (χ3n) is 5.12. The first-order valence-corrected chi connectivity index (χ1v) is 10.2. The van der Waals surface area contributed by atoms with Crippen molar-refractivity contribution in [2.24, 2.45) is 0 Å². The smallest absolute Gasteiger partial charge is 0.316 e. The zero-order valence-electron chi connectivity index (χ0n) is 16.3. The Kier molecular flexibility index (Phi) is 6.17. The fourth-order valence-electron chi connectivity index (χ4n) is 3.61. The van der Waals surface area contributed by atoms with Gasteiger partial charge in [0.2, 0.25) is 0 Å².